The molecule has 2 N–H and O–H groups in total. The number of nitrogens with zero attached hydrogens (tertiary/aromatic N) is 1. The third-order valence-electron chi connectivity index (χ3n) is 4.04. The van der Waals surface area contributed by atoms with Crippen LogP contribution in [0.5, 0.6) is 5.75 Å². The maximum Gasteiger partial charge on any atom is 0.306 e. The van der Waals surface area contributed by atoms with Crippen molar-refractivity contribution in [2.75, 3.05) is 12.4 Å². The number of hydrogen-bond donors (Lipinski definition) is 2. The van der Waals surface area contributed by atoms with Gasteiger partial charge in [0.1, 0.15) is 11.6 Å². The van der Waals surface area contributed by atoms with Crippen LogP contribution < -0.4 is 25.5 Å². The van der Waals surface area contributed by atoms with Crippen LogP contribution in [0.2, 0.25) is 0 Å². The van der Waals surface area contributed by atoms with E-state index in [2.05, 4.69) is 15.3 Å². The second-order valence-corrected chi connectivity index (χ2v) is 6.84. The summed E-state index contributed by atoms with van der Waals surface area (Å²) in [7, 11) is 1.60. The van der Waals surface area contributed by atoms with Crippen LogP contribution in [-0.2, 0) is 4.79 Å². The van der Waals surface area contributed by atoms with Crippen molar-refractivity contribution in [2.24, 2.45) is 4.99 Å². The van der Waals surface area contributed by atoms with E-state index in [4.69, 9.17) is 4.74 Å². The number of methoxy groups -OCH3 is 1. The second kappa shape index (κ2) is 7.05. The molecule has 2 heterocycles. The van der Waals surface area contributed by atoms with Gasteiger partial charge in [0.15, 0.2) is 0 Å². The van der Waals surface area contributed by atoms with Gasteiger partial charge in [0, 0.05) is 16.5 Å². The lowest BCUT2D eigenvalue weighted by molar-refractivity contribution is -0.114. The van der Waals surface area contributed by atoms with E-state index in [1.54, 1.807) is 25.3 Å². The average Bonchev–Trinajstić information content (AvgIpc) is 3.02. The first-order valence-corrected chi connectivity index (χ1v) is 9.00. The van der Waals surface area contributed by atoms with Gasteiger partial charge in [-0.3, -0.25) is 14.6 Å². The molecule has 134 valence electrons. The predicted molar refractivity (Wildman–Crippen MR) is 106 cm³/mol. The van der Waals surface area contributed by atoms with E-state index < -0.39 is 0 Å². The zero-order valence-corrected chi connectivity index (χ0v) is 15.2. The number of fused-ring (bicyclic) bond motifs is 1. The summed E-state index contributed by atoms with van der Waals surface area (Å²) in [5.41, 5.74) is 1.22. The number of carbonyl (C=O) groups is 1. The smallest absolute Gasteiger partial charge is 0.306 e. The normalized spacial score (nSPS) is 14.3. The van der Waals surface area contributed by atoms with Crippen LogP contribution in [0.15, 0.2) is 63.9 Å². The van der Waals surface area contributed by atoms with Gasteiger partial charge in [-0.05, 0) is 42.5 Å². The molecule has 1 amide bonds. The standard InChI is InChI=1S/C20H15N3O3S/c1-26-15-8-6-14(7-9-15)21-18-17(27-20(25)23-18)11-13-10-12-4-2-3-5-16(12)22-19(13)24/h2-11,21H,1H3,(H,23,25)/b13-11+. The van der Waals surface area contributed by atoms with E-state index in [9.17, 15) is 9.59 Å². The van der Waals surface area contributed by atoms with E-state index >= 15 is 0 Å². The Morgan fingerprint density at radius 2 is 1.89 bits per heavy atom. The zero-order valence-electron chi connectivity index (χ0n) is 14.4. The molecule has 6 nitrogen and oxygen atoms in total. The highest BCUT2D eigenvalue weighted by Crippen LogP contribution is 2.25. The molecule has 0 atom stereocenters. The number of aromatic amines is 1. The molecule has 0 saturated heterocycles. The molecule has 0 bridgehead atoms. The number of hydrogen-bond acceptors (Lipinski definition) is 5. The van der Waals surface area contributed by atoms with Crippen molar-refractivity contribution < 1.29 is 9.53 Å². The number of ether oxygens (including phenoxy) is 1. The van der Waals surface area contributed by atoms with Crippen LogP contribution >= 0.6 is 11.3 Å². The first-order chi connectivity index (χ1) is 13.1. The maximum absolute atomic E-state index is 12.3. The Bertz CT molecular complexity index is 1220. The van der Waals surface area contributed by atoms with E-state index in [1.807, 2.05) is 42.5 Å². The molecule has 1 aliphatic rings. The van der Waals surface area contributed by atoms with E-state index in [0.29, 0.717) is 21.6 Å². The molecular weight excluding hydrogens is 362 g/mol. The first kappa shape index (κ1) is 17.0. The van der Waals surface area contributed by atoms with Gasteiger partial charge in [0.2, 0.25) is 0 Å². The highest BCUT2D eigenvalue weighted by Gasteiger charge is 2.13. The number of amides is 1. The summed E-state index contributed by atoms with van der Waals surface area (Å²) in [5.74, 6) is 0.942. The van der Waals surface area contributed by atoms with Crippen molar-refractivity contribution in [3.05, 3.63) is 79.2 Å². The lowest BCUT2D eigenvalue weighted by atomic mass is 10.1. The topological polar surface area (TPSA) is 83.5 Å². The summed E-state index contributed by atoms with van der Waals surface area (Å²) < 4.78 is 5.14. The van der Waals surface area contributed by atoms with Gasteiger partial charge < -0.3 is 10.1 Å². The zero-order chi connectivity index (χ0) is 18.8. The Labute approximate surface area is 158 Å². The van der Waals surface area contributed by atoms with Crippen molar-refractivity contribution in [3.63, 3.8) is 0 Å². The number of thiazole rings is 1. The highest BCUT2D eigenvalue weighted by atomic mass is 32.1. The first-order valence-electron chi connectivity index (χ1n) is 8.18. The molecule has 0 spiro atoms. The van der Waals surface area contributed by atoms with Crippen molar-refractivity contribution in [1.82, 2.24) is 4.98 Å². The molecule has 0 unspecified atom stereocenters. The maximum atomic E-state index is 12.3. The number of H-pyrrole nitrogens is 1. The molecule has 1 aromatic heterocycles. The van der Waals surface area contributed by atoms with Crippen molar-refractivity contribution in [3.8, 4) is 5.75 Å². The van der Waals surface area contributed by atoms with Gasteiger partial charge in [-0.2, -0.15) is 0 Å². The fraction of sp³-hybridized carbons (Fsp3) is 0.0500. The minimum Gasteiger partial charge on any atom is -0.497 e. The van der Waals surface area contributed by atoms with Crippen LogP contribution in [0.4, 0.5) is 11.5 Å². The molecule has 1 aliphatic heterocycles. The number of anilines is 2. The lowest BCUT2D eigenvalue weighted by Gasteiger charge is -2.07. The number of rotatable bonds is 4. The van der Waals surface area contributed by atoms with Gasteiger partial charge >= 0.3 is 4.87 Å². The fourth-order valence-electron chi connectivity index (χ4n) is 2.71. The predicted octanol–water partition coefficient (Wildman–Crippen LogP) is 2.21. The molecule has 3 aromatic rings. The number of nitrogens with one attached hydrogen (secondary N) is 2. The van der Waals surface area contributed by atoms with Crippen LogP contribution in [0.25, 0.3) is 12.2 Å². The highest BCUT2D eigenvalue weighted by molar-refractivity contribution is 7.10. The number of para-hydroxylation sites is 1. The molecule has 4 rings (SSSR count). The largest absolute Gasteiger partial charge is 0.497 e. The summed E-state index contributed by atoms with van der Waals surface area (Å²) in [6.45, 7) is 0. The van der Waals surface area contributed by atoms with Gasteiger partial charge in [0.25, 0.3) is 5.91 Å². The van der Waals surface area contributed by atoms with Crippen molar-refractivity contribution >= 4 is 40.9 Å². The van der Waals surface area contributed by atoms with Gasteiger partial charge in [0.05, 0.1) is 17.3 Å². The van der Waals surface area contributed by atoms with Crippen molar-refractivity contribution in [1.29, 1.82) is 0 Å². The van der Waals surface area contributed by atoms with Gasteiger partial charge in [-0.25, -0.2) is 4.99 Å². The minimum atomic E-state index is -0.329. The molecule has 27 heavy (non-hydrogen) atoms. The second-order valence-electron chi connectivity index (χ2n) is 5.83. The summed E-state index contributed by atoms with van der Waals surface area (Å²) in [6, 6.07) is 14.8. The van der Waals surface area contributed by atoms with Crippen molar-refractivity contribution in [2.45, 2.75) is 0 Å². The van der Waals surface area contributed by atoms with Gasteiger partial charge in [-0.1, -0.05) is 29.5 Å². The molecule has 2 aromatic carbocycles. The Morgan fingerprint density at radius 1 is 1.11 bits per heavy atom. The molecule has 7 heteroatoms. The quantitative estimate of drug-likeness (QED) is 0.683. The van der Waals surface area contributed by atoms with Crippen LogP contribution in [0, 0.1) is 0 Å². The summed E-state index contributed by atoms with van der Waals surface area (Å²) >= 11 is 1.03. The summed E-state index contributed by atoms with van der Waals surface area (Å²) in [6.07, 6.45) is 3.46. The monoisotopic (exact) mass is 377 g/mol. The average molecular weight is 377 g/mol. The number of benzene rings is 2. The summed E-state index contributed by atoms with van der Waals surface area (Å²) in [4.78, 5) is 31.5. The Hall–Kier alpha value is -3.45. The number of carbonyl (C=O) groups excluding carboxylic acids is 1. The Balaban J connectivity index is 1.71. The number of aromatic nitrogens is 1. The van der Waals surface area contributed by atoms with Crippen LogP contribution in [0.3, 0.4) is 0 Å². The summed E-state index contributed by atoms with van der Waals surface area (Å²) in [5, 5.41) is 4.69. The molecule has 0 aliphatic carbocycles. The third-order valence-corrected chi connectivity index (χ3v) is 4.87. The van der Waals surface area contributed by atoms with E-state index in [-0.39, 0.29) is 10.8 Å². The van der Waals surface area contributed by atoms with E-state index in [0.717, 1.165) is 28.0 Å². The fourth-order valence-corrected chi connectivity index (χ4v) is 3.46. The molecule has 0 fully saturated rings. The lowest BCUT2D eigenvalue weighted by Crippen LogP contribution is -2.29. The SMILES string of the molecule is COc1ccc(Nc2[nH]c(=O)sc2/C=C2\C=c3ccccc3=NC2=O)cc1. The van der Waals surface area contributed by atoms with Gasteiger partial charge in [-0.15, -0.1) is 0 Å². The van der Waals surface area contributed by atoms with E-state index in [1.165, 1.54) is 0 Å². The molecule has 0 saturated carbocycles. The Kier molecular flexibility index (Phi) is 4.43. The Morgan fingerprint density at radius 3 is 2.67 bits per heavy atom. The minimum absolute atomic E-state index is 0.210. The van der Waals surface area contributed by atoms with Crippen LogP contribution in [-0.4, -0.2) is 18.0 Å². The van der Waals surface area contributed by atoms with Crippen LogP contribution in [0.1, 0.15) is 4.88 Å². The molecular formula is C20H15N3O3S. The molecule has 0 radical (unpaired) electrons. The third kappa shape index (κ3) is 3.58.